The smallest absolute Gasteiger partial charge is 0.412 e. The third-order valence-electron chi connectivity index (χ3n) is 2.71. The summed E-state index contributed by atoms with van der Waals surface area (Å²) >= 11 is 3.43. The maximum absolute atomic E-state index is 11.7. The van der Waals surface area contributed by atoms with E-state index in [4.69, 9.17) is 4.74 Å². The van der Waals surface area contributed by atoms with Crippen LogP contribution in [0.2, 0.25) is 0 Å². The highest BCUT2D eigenvalue weighted by Gasteiger charge is 2.23. The number of benzene rings is 1. The van der Waals surface area contributed by atoms with Crippen molar-refractivity contribution in [1.29, 1.82) is 0 Å². The van der Waals surface area contributed by atoms with Crippen LogP contribution in [-0.2, 0) is 10.2 Å². The zero-order valence-corrected chi connectivity index (χ0v) is 14.2. The number of rotatable bonds is 3. The number of amides is 1. The Morgan fingerprint density at radius 2 is 1.90 bits per heavy atom. The second kappa shape index (κ2) is 6.04. The number of carbonyl (C=O) groups excluding carboxylic acids is 1. The molecule has 4 nitrogen and oxygen atoms in total. The SMILES string of the molecule is CC(C)(C)OC(=O)Nc1ccc(O)c(C(C)(C)CBr)c1. The Hall–Kier alpha value is -1.23. The number of phenolic OH excluding ortho intramolecular Hbond substituents is 1. The Bertz CT molecular complexity index is 492. The predicted octanol–water partition coefficient (Wildman–Crippen LogP) is 4.41. The van der Waals surface area contributed by atoms with E-state index in [1.54, 1.807) is 18.2 Å². The number of aromatic hydroxyl groups is 1. The molecule has 1 amide bonds. The fraction of sp³-hybridized carbons (Fsp3) is 0.533. The van der Waals surface area contributed by atoms with E-state index in [9.17, 15) is 9.90 Å². The second-order valence-corrected chi connectivity index (χ2v) is 6.94. The highest BCUT2D eigenvalue weighted by atomic mass is 79.9. The molecule has 0 spiro atoms. The van der Waals surface area contributed by atoms with Crippen molar-refractivity contribution in [2.45, 2.75) is 45.6 Å². The third-order valence-corrected chi connectivity index (χ3v) is 4.11. The van der Waals surface area contributed by atoms with Crippen LogP contribution in [0.3, 0.4) is 0 Å². The fourth-order valence-electron chi connectivity index (χ4n) is 1.65. The average Bonchev–Trinajstić information content (AvgIpc) is 2.29. The van der Waals surface area contributed by atoms with E-state index in [2.05, 4.69) is 21.2 Å². The van der Waals surface area contributed by atoms with E-state index in [0.717, 1.165) is 5.56 Å². The van der Waals surface area contributed by atoms with Crippen LogP contribution in [0, 0.1) is 0 Å². The van der Waals surface area contributed by atoms with Gasteiger partial charge in [-0.3, -0.25) is 5.32 Å². The third kappa shape index (κ3) is 4.71. The summed E-state index contributed by atoms with van der Waals surface area (Å²) in [6, 6.07) is 4.99. The molecule has 1 aromatic carbocycles. The zero-order valence-electron chi connectivity index (χ0n) is 12.6. The van der Waals surface area contributed by atoms with Crippen LogP contribution >= 0.6 is 15.9 Å². The first kappa shape index (κ1) is 16.8. The summed E-state index contributed by atoms with van der Waals surface area (Å²) in [5, 5.41) is 13.3. The summed E-state index contributed by atoms with van der Waals surface area (Å²) in [6.07, 6.45) is -0.509. The Morgan fingerprint density at radius 3 is 2.40 bits per heavy atom. The molecule has 0 aliphatic rings. The van der Waals surface area contributed by atoms with Crippen LogP contribution in [0.5, 0.6) is 5.75 Å². The van der Waals surface area contributed by atoms with Gasteiger partial charge in [0.2, 0.25) is 0 Å². The lowest BCUT2D eigenvalue weighted by Gasteiger charge is -2.24. The van der Waals surface area contributed by atoms with Gasteiger partial charge in [-0.15, -0.1) is 0 Å². The summed E-state index contributed by atoms with van der Waals surface area (Å²) in [5.41, 5.74) is 0.582. The van der Waals surface area contributed by atoms with Crippen LogP contribution in [0.15, 0.2) is 18.2 Å². The molecule has 0 aromatic heterocycles. The maximum Gasteiger partial charge on any atom is 0.412 e. The maximum atomic E-state index is 11.7. The van der Waals surface area contributed by atoms with Gasteiger partial charge in [-0.25, -0.2) is 4.79 Å². The Morgan fingerprint density at radius 1 is 1.30 bits per heavy atom. The first-order valence-electron chi connectivity index (χ1n) is 6.44. The van der Waals surface area contributed by atoms with Gasteiger partial charge in [0, 0.05) is 22.0 Å². The van der Waals surface area contributed by atoms with E-state index in [0.29, 0.717) is 11.0 Å². The number of hydrogen-bond acceptors (Lipinski definition) is 3. The molecule has 20 heavy (non-hydrogen) atoms. The number of carbonyl (C=O) groups is 1. The second-order valence-electron chi connectivity index (χ2n) is 6.38. The van der Waals surface area contributed by atoms with E-state index in [1.807, 2.05) is 34.6 Å². The number of halogens is 1. The summed E-state index contributed by atoms with van der Waals surface area (Å²) < 4.78 is 5.20. The van der Waals surface area contributed by atoms with Crippen LogP contribution < -0.4 is 5.32 Å². The summed E-state index contributed by atoms with van der Waals surface area (Å²) in [5.74, 6) is 0.212. The monoisotopic (exact) mass is 343 g/mol. The average molecular weight is 344 g/mol. The molecular formula is C15H22BrNO3. The van der Waals surface area contributed by atoms with Crippen molar-refractivity contribution >= 4 is 27.7 Å². The highest BCUT2D eigenvalue weighted by molar-refractivity contribution is 9.09. The van der Waals surface area contributed by atoms with Gasteiger partial charge in [0.1, 0.15) is 11.4 Å². The van der Waals surface area contributed by atoms with Crippen molar-refractivity contribution < 1.29 is 14.6 Å². The van der Waals surface area contributed by atoms with Gasteiger partial charge in [-0.05, 0) is 39.0 Å². The number of anilines is 1. The molecule has 0 radical (unpaired) electrons. The molecule has 0 fully saturated rings. The zero-order chi connectivity index (χ0) is 15.6. The minimum atomic E-state index is -0.543. The molecule has 2 N–H and O–H groups in total. The number of ether oxygens (including phenoxy) is 1. The van der Waals surface area contributed by atoms with Gasteiger partial charge in [0.05, 0.1) is 0 Å². The quantitative estimate of drug-likeness (QED) is 0.631. The van der Waals surface area contributed by atoms with Crippen LogP contribution in [0.25, 0.3) is 0 Å². The molecule has 112 valence electrons. The molecule has 0 aliphatic heterocycles. The standard InChI is InChI=1S/C15H22BrNO3/c1-14(2,3)20-13(19)17-10-6-7-12(18)11(8-10)15(4,5)9-16/h6-8,18H,9H2,1-5H3,(H,17,19). The summed E-state index contributed by atoms with van der Waals surface area (Å²) in [6.45, 7) is 9.44. The molecule has 0 bridgehead atoms. The van der Waals surface area contributed by atoms with Gasteiger partial charge < -0.3 is 9.84 Å². The highest BCUT2D eigenvalue weighted by Crippen LogP contribution is 2.34. The molecule has 1 aromatic rings. The van der Waals surface area contributed by atoms with Crippen molar-refractivity contribution in [3.05, 3.63) is 23.8 Å². The Kier molecular flexibility index (Phi) is 5.08. The van der Waals surface area contributed by atoms with Gasteiger partial charge in [0.25, 0.3) is 0 Å². The first-order valence-corrected chi connectivity index (χ1v) is 7.57. The minimum Gasteiger partial charge on any atom is -0.508 e. The van der Waals surface area contributed by atoms with Gasteiger partial charge in [-0.2, -0.15) is 0 Å². The number of hydrogen-bond donors (Lipinski definition) is 2. The molecule has 0 atom stereocenters. The number of alkyl halides is 1. The predicted molar refractivity (Wildman–Crippen MR) is 84.8 cm³/mol. The summed E-state index contributed by atoms with van der Waals surface area (Å²) in [4.78, 5) is 11.7. The molecule has 1 rings (SSSR count). The van der Waals surface area contributed by atoms with Gasteiger partial charge >= 0.3 is 6.09 Å². The van der Waals surface area contributed by atoms with Crippen LogP contribution in [-0.4, -0.2) is 22.1 Å². The van der Waals surface area contributed by atoms with E-state index >= 15 is 0 Å². The molecule has 0 heterocycles. The largest absolute Gasteiger partial charge is 0.508 e. The summed E-state index contributed by atoms with van der Waals surface area (Å²) in [7, 11) is 0. The Balaban J connectivity index is 2.94. The van der Waals surface area contributed by atoms with E-state index in [-0.39, 0.29) is 11.2 Å². The molecule has 0 saturated carbocycles. The van der Waals surface area contributed by atoms with E-state index in [1.165, 1.54) is 0 Å². The van der Waals surface area contributed by atoms with Crippen LogP contribution in [0.1, 0.15) is 40.2 Å². The van der Waals surface area contributed by atoms with Crippen molar-refractivity contribution in [2.75, 3.05) is 10.6 Å². The molecular weight excluding hydrogens is 322 g/mol. The molecule has 0 unspecified atom stereocenters. The normalized spacial score (nSPS) is 12.1. The molecule has 5 heteroatoms. The Labute approximate surface area is 128 Å². The van der Waals surface area contributed by atoms with Crippen molar-refractivity contribution in [2.24, 2.45) is 0 Å². The number of nitrogens with one attached hydrogen (secondary N) is 1. The first-order chi connectivity index (χ1) is 9.05. The topological polar surface area (TPSA) is 58.6 Å². The van der Waals surface area contributed by atoms with Crippen molar-refractivity contribution in [3.8, 4) is 5.75 Å². The van der Waals surface area contributed by atoms with Crippen molar-refractivity contribution in [3.63, 3.8) is 0 Å². The lowest BCUT2D eigenvalue weighted by Crippen LogP contribution is -2.27. The van der Waals surface area contributed by atoms with Crippen molar-refractivity contribution in [1.82, 2.24) is 0 Å². The van der Waals surface area contributed by atoms with Gasteiger partial charge in [-0.1, -0.05) is 29.8 Å². The molecule has 0 aliphatic carbocycles. The van der Waals surface area contributed by atoms with E-state index < -0.39 is 11.7 Å². The molecule has 0 saturated heterocycles. The number of phenols is 1. The van der Waals surface area contributed by atoms with Gasteiger partial charge in [0.15, 0.2) is 0 Å². The minimum absolute atomic E-state index is 0.212. The van der Waals surface area contributed by atoms with Crippen LogP contribution in [0.4, 0.5) is 10.5 Å². The lowest BCUT2D eigenvalue weighted by molar-refractivity contribution is 0.0636. The lowest BCUT2D eigenvalue weighted by atomic mass is 9.86. The fourth-order valence-corrected chi connectivity index (χ4v) is 1.95.